The van der Waals surface area contributed by atoms with Crippen LogP contribution in [0, 0.1) is 0 Å². The molecule has 4 heteroatoms. The zero-order valence-corrected chi connectivity index (χ0v) is 27.5. The van der Waals surface area contributed by atoms with Crippen LogP contribution in [-0.4, -0.2) is 52.4 Å². The third-order valence-corrected chi connectivity index (χ3v) is 8.83. The van der Waals surface area contributed by atoms with Crippen molar-refractivity contribution < 1.29 is 0 Å². The minimum absolute atomic E-state index is 1.23. The molecule has 0 unspecified atom stereocenters. The maximum absolute atomic E-state index is 3.68. The summed E-state index contributed by atoms with van der Waals surface area (Å²) in [5.41, 5.74) is 0. The Morgan fingerprint density at radius 3 is 0.350 bits per heavy atom. The van der Waals surface area contributed by atoms with Gasteiger partial charge in [-0.3, -0.25) is 0 Å². The fourth-order valence-electron chi connectivity index (χ4n) is 6.04. The number of nitrogens with one attached hydrogen (secondary N) is 4. The molecule has 0 amide bonds. The summed E-state index contributed by atoms with van der Waals surface area (Å²) in [6, 6.07) is 0. The molecule has 0 aromatic heterocycles. The molecule has 1 rings (SSSR count). The van der Waals surface area contributed by atoms with E-state index in [4.69, 9.17) is 0 Å². The van der Waals surface area contributed by atoms with Crippen molar-refractivity contribution in [3.8, 4) is 0 Å². The molecular formula is C36H76N4. The lowest BCUT2D eigenvalue weighted by atomic mass is 10.1. The molecule has 1 aliphatic rings. The van der Waals surface area contributed by atoms with Gasteiger partial charge in [-0.25, -0.2) is 0 Å². The van der Waals surface area contributed by atoms with E-state index in [9.17, 15) is 0 Å². The first-order chi connectivity index (χ1) is 20.0. The van der Waals surface area contributed by atoms with Gasteiger partial charge in [-0.15, -0.1) is 0 Å². The molecule has 0 saturated carbocycles. The quantitative estimate of drug-likeness (QED) is 0.237. The first-order valence-corrected chi connectivity index (χ1v) is 18.8. The normalized spacial score (nSPS) is 24.0. The number of rotatable bonds is 0. The van der Waals surface area contributed by atoms with Crippen LogP contribution in [0.15, 0.2) is 0 Å². The van der Waals surface area contributed by atoms with E-state index < -0.39 is 0 Å². The van der Waals surface area contributed by atoms with Crippen LogP contribution < -0.4 is 21.3 Å². The first-order valence-electron chi connectivity index (χ1n) is 18.8. The monoisotopic (exact) mass is 565 g/mol. The SMILES string of the molecule is C1CCCCNCCCCCCCCCNCCCCCCCCCNCCCCCCCCCNCCCC1. The maximum Gasteiger partial charge on any atom is -0.00489 e. The molecule has 240 valence electrons. The summed E-state index contributed by atoms with van der Waals surface area (Å²) in [7, 11) is 0. The highest BCUT2D eigenvalue weighted by Crippen LogP contribution is 2.10. The molecule has 0 bridgehead atoms. The molecular weight excluding hydrogens is 488 g/mol. The van der Waals surface area contributed by atoms with E-state index in [1.165, 1.54) is 232 Å². The predicted molar refractivity (Wildman–Crippen MR) is 181 cm³/mol. The highest BCUT2D eigenvalue weighted by atomic mass is 14.9. The highest BCUT2D eigenvalue weighted by molar-refractivity contribution is 4.56. The van der Waals surface area contributed by atoms with Crippen molar-refractivity contribution in [2.75, 3.05) is 52.4 Å². The van der Waals surface area contributed by atoms with E-state index in [1.807, 2.05) is 0 Å². The Labute approximate surface area is 253 Å². The Hall–Kier alpha value is -0.160. The lowest BCUT2D eigenvalue weighted by Gasteiger charge is -2.07. The average molecular weight is 565 g/mol. The Balaban J connectivity index is 2.00. The van der Waals surface area contributed by atoms with Gasteiger partial charge in [0.25, 0.3) is 0 Å². The van der Waals surface area contributed by atoms with E-state index in [-0.39, 0.29) is 0 Å². The van der Waals surface area contributed by atoms with E-state index in [1.54, 1.807) is 0 Å². The van der Waals surface area contributed by atoms with Gasteiger partial charge < -0.3 is 21.3 Å². The van der Waals surface area contributed by atoms with Crippen LogP contribution in [-0.2, 0) is 0 Å². The molecule has 4 N–H and O–H groups in total. The van der Waals surface area contributed by atoms with E-state index in [0.29, 0.717) is 0 Å². The van der Waals surface area contributed by atoms with Gasteiger partial charge in [0.15, 0.2) is 0 Å². The van der Waals surface area contributed by atoms with Gasteiger partial charge in [0.1, 0.15) is 0 Å². The topological polar surface area (TPSA) is 48.1 Å². The standard InChI is InChI=1S/C36H76N4/c1-5-13-21-29-37-31-23-15-7-2-9-17-25-33-39-35-27-19-11-4-12-20-28-36-40-34-26-18-10-3-8-16-24-32-38-30-22-14-6-1/h37-40H,1-36H2. The van der Waals surface area contributed by atoms with Crippen LogP contribution in [0.5, 0.6) is 0 Å². The Morgan fingerprint density at radius 1 is 0.125 bits per heavy atom. The van der Waals surface area contributed by atoms with Gasteiger partial charge in [0.05, 0.1) is 0 Å². The average Bonchev–Trinajstić information content (AvgIpc) is 2.97. The van der Waals surface area contributed by atoms with Crippen LogP contribution in [0.1, 0.15) is 180 Å². The van der Waals surface area contributed by atoms with Crippen molar-refractivity contribution in [2.24, 2.45) is 0 Å². The summed E-state index contributed by atoms with van der Waals surface area (Å²) in [5, 5.41) is 14.7. The molecule has 40 heavy (non-hydrogen) atoms. The van der Waals surface area contributed by atoms with Crippen LogP contribution in [0.3, 0.4) is 0 Å². The van der Waals surface area contributed by atoms with Gasteiger partial charge in [0.2, 0.25) is 0 Å². The second-order valence-corrected chi connectivity index (χ2v) is 12.9. The van der Waals surface area contributed by atoms with Crippen LogP contribution in [0.2, 0.25) is 0 Å². The molecule has 0 radical (unpaired) electrons. The lowest BCUT2D eigenvalue weighted by molar-refractivity contribution is 0.514. The molecule has 0 aliphatic carbocycles. The lowest BCUT2D eigenvalue weighted by Crippen LogP contribution is -2.17. The third-order valence-electron chi connectivity index (χ3n) is 8.83. The molecule has 1 fully saturated rings. The number of hydrogen-bond donors (Lipinski definition) is 4. The predicted octanol–water partition coefficient (Wildman–Crippen LogP) is 9.28. The van der Waals surface area contributed by atoms with Gasteiger partial charge >= 0.3 is 0 Å². The molecule has 0 atom stereocenters. The Morgan fingerprint density at radius 2 is 0.225 bits per heavy atom. The van der Waals surface area contributed by atoms with Crippen molar-refractivity contribution in [2.45, 2.75) is 180 Å². The zero-order valence-electron chi connectivity index (χ0n) is 27.5. The highest BCUT2D eigenvalue weighted by Gasteiger charge is 1.97. The zero-order chi connectivity index (χ0) is 28.3. The minimum atomic E-state index is 1.23. The van der Waals surface area contributed by atoms with Crippen molar-refractivity contribution in [3.05, 3.63) is 0 Å². The van der Waals surface area contributed by atoms with E-state index >= 15 is 0 Å². The van der Waals surface area contributed by atoms with Gasteiger partial charge in [-0.1, -0.05) is 128 Å². The molecule has 0 spiro atoms. The molecule has 0 aromatic carbocycles. The summed E-state index contributed by atoms with van der Waals surface area (Å²) in [5.74, 6) is 0. The second-order valence-electron chi connectivity index (χ2n) is 12.9. The van der Waals surface area contributed by atoms with Gasteiger partial charge in [-0.2, -0.15) is 0 Å². The molecule has 1 aliphatic heterocycles. The summed E-state index contributed by atoms with van der Waals surface area (Å²) < 4.78 is 0. The second kappa shape index (κ2) is 35.0. The summed E-state index contributed by atoms with van der Waals surface area (Å²) >= 11 is 0. The van der Waals surface area contributed by atoms with E-state index in [0.717, 1.165) is 0 Å². The molecule has 1 heterocycles. The summed E-state index contributed by atoms with van der Waals surface area (Å²) in [6.45, 7) is 9.84. The minimum Gasteiger partial charge on any atom is -0.317 e. The van der Waals surface area contributed by atoms with Crippen molar-refractivity contribution in [1.29, 1.82) is 0 Å². The fraction of sp³-hybridized carbons (Fsp3) is 1.00. The molecule has 1 saturated heterocycles. The maximum atomic E-state index is 3.68. The van der Waals surface area contributed by atoms with Crippen LogP contribution in [0.4, 0.5) is 0 Å². The smallest absolute Gasteiger partial charge is 0.00489 e. The van der Waals surface area contributed by atoms with Gasteiger partial charge in [0, 0.05) is 0 Å². The summed E-state index contributed by atoms with van der Waals surface area (Å²) in [6.07, 6.45) is 39.5. The fourth-order valence-corrected chi connectivity index (χ4v) is 6.04. The summed E-state index contributed by atoms with van der Waals surface area (Å²) in [4.78, 5) is 0. The third kappa shape index (κ3) is 32.4. The van der Waals surface area contributed by atoms with Crippen LogP contribution in [0.25, 0.3) is 0 Å². The van der Waals surface area contributed by atoms with Gasteiger partial charge in [-0.05, 0) is 104 Å². The molecule has 4 nitrogen and oxygen atoms in total. The van der Waals surface area contributed by atoms with Crippen molar-refractivity contribution >= 4 is 0 Å². The van der Waals surface area contributed by atoms with Crippen LogP contribution >= 0.6 is 0 Å². The Kier molecular flexibility index (Phi) is 33.2. The van der Waals surface area contributed by atoms with Crippen molar-refractivity contribution in [3.63, 3.8) is 0 Å². The first kappa shape index (κ1) is 37.9. The van der Waals surface area contributed by atoms with E-state index in [2.05, 4.69) is 21.3 Å². The largest absolute Gasteiger partial charge is 0.317 e. The van der Waals surface area contributed by atoms with Crippen molar-refractivity contribution in [1.82, 2.24) is 21.3 Å². The Bertz CT molecular complexity index is 232. The molecule has 0 aromatic rings. The number of hydrogen-bond acceptors (Lipinski definition) is 4.